The van der Waals surface area contributed by atoms with Crippen molar-refractivity contribution in [1.82, 2.24) is 0 Å². The highest BCUT2D eigenvalue weighted by Crippen LogP contribution is 2.21. The van der Waals surface area contributed by atoms with Gasteiger partial charge in [0, 0.05) is 5.41 Å². The maximum Gasteiger partial charge on any atom is 0.0529 e. The normalized spacial score (nSPS) is 13.4. The van der Waals surface area contributed by atoms with Crippen molar-refractivity contribution in [2.24, 2.45) is 16.6 Å². The van der Waals surface area contributed by atoms with Crippen molar-refractivity contribution >= 4 is 0 Å². The van der Waals surface area contributed by atoms with E-state index in [4.69, 9.17) is 10.5 Å². The summed E-state index contributed by atoms with van der Waals surface area (Å²) in [6.07, 6.45) is 1.15. The topological polar surface area (TPSA) is 35.2 Å². The Morgan fingerprint density at radius 3 is 1.85 bits per heavy atom. The Hall–Kier alpha value is -0.0800. The molecule has 0 unspecified atom stereocenters. The van der Waals surface area contributed by atoms with E-state index in [1.807, 2.05) is 0 Å². The van der Waals surface area contributed by atoms with Crippen LogP contribution in [0.5, 0.6) is 0 Å². The molecular formula is C11H25NO. The summed E-state index contributed by atoms with van der Waals surface area (Å²) in [5.74, 6) is 0. The first-order valence-corrected chi connectivity index (χ1v) is 5.11. The average molecular weight is 187 g/mol. The molecule has 0 aromatic rings. The van der Waals surface area contributed by atoms with E-state index in [1.165, 1.54) is 0 Å². The van der Waals surface area contributed by atoms with E-state index in [-0.39, 0.29) is 5.41 Å². The molecule has 2 heteroatoms. The highest BCUT2D eigenvalue weighted by atomic mass is 16.5. The van der Waals surface area contributed by atoms with E-state index in [2.05, 4.69) is 34.6 Å². The SMILES string of the molecule is CCC(C)(C)COCC(C)(C)CN. The fourth-order valence-corrected chi connectivity index (χ4v) is 0.765. The van der Waals surface area contributed by atoms with Crippen molar-refractivity contribution in [1.29, 1.82) is 0 Å². The lowest BCUT2D eigenvalue weighted by Crippen LogP contribution is -2.31. The maximum absolute atomic E-state index is 5.66. The molecule has 0 aliphatic carbocycles. The molecule has 0 rings (SSSR count). The summed E-state index contributed by atoms with van der Waals surface area (Å²) in [6.45, 7) is 13.2. The van der Waals surface area contributed by atoms with Crippen molar-refractivity contribution in [3.05, 3.63) is 0 Å². The summed E-state index contributed by atoms with van der Waals surface area (Å²) in [5.41, 5.74) is 6.02. The number of rotatable bonds is 6. The first-order valence-electron chi connectivity index (χ1n) is 5.11. The first kappa shape index (κ1) is 12.9. The molecule has 0 saturated heterocycles. The molecule has 0 spiro atoms. The Balaban J connectivity index is 3.68. The van der Waals surface area contributed by atoms with Crippen LogP contribution in [-0.4, -0.2) is 19.8 Å². The molecule has 0 atom stereocenters. The Morgan fingerprint density at radius 2 is 1.46 bits per heavy atom. The molecule has 0 radical (unpaired) electrons. The second kappa shape index (κ2) is 4.97. The van der Waals surface area contributed by atoms with Crippen LogP contribution in [0.1, 0.15) is 41.0 Å². The molecule has 0 aliphatic heterocycles. The molecule has 0 saturated carbocycles. The molecular weight excluding hydrogens is 162 g/mol. The molecule has 2 N–H and O–H groups in total. The van der Waals surface area contributed by atoms with E-state index >= 15 is 0 Å². The van der Waals surface area contributed by atoms with Crippen LogP contribution in [0.3, 0.4) is 0 Å². The van der Waals surface area contributed by atoms with Crippen molar-refractivity contribution in [3.63, 3.8) is 0 Å². The van der Waals surface area contributed by atoms with E-state index in [0.29, 0.717) is 12.0 Å². The Bertz CT molecular complexity index is 125. The van der Waals surface area contributed by atoms with Gasteiger partial charge in [-0.3, -0.25) is 0 Å². The van der Waals surface area contributed by atoms with Gasteiger partial charge in [0.2, 0.25) is 0 Å². The highest BCUT2D eigenvalue weighted by molar-refractivity contribution is 4.70. The van der Waals surface area contributed by atoms with Gasteiger partial charge in [-0.15, -0.1) is 0 Å². The largest absolute Gasteiger partial charge is 0.380 e. The zero-order valence-corrected chi connectivity index (χ0v) is 9.81. The lowest BCUT2D eigenvalue weighted by Gasteiger charge is -2.27. The molecule has 0 amide bonds. The molecule has 0 bridgehead atoms. The highest BCUT2D eigenvalue weighted by Gasteiger charge is 2.19. The van der Waals surface area contributed by atoms with Crippen LogP contribution in [0, 0.1) is 10.8 Å². The van der Waals surface area contributed by atoms with Gasteiger partial charge in [-0.1, -0.05) is 34.6 Å². The lowest BCUT2D eigenvalue weighted by molar-refractivity contribution is 0.0168. The predicted molar refractivity (Wildman–Crippen MR) is 57.7 cm³/mol. The van der Waals surface area contributed by atoms with Gasteiger partial charge in [0.1, 0.15) is 0 Å². The zero-order chi connectivity index (χ0) is 10.5. The zero-order valence-electron chi connectivity index (χ0n) is 9.81. The number of nitrogens with two attached hydrogens (primary N) is 1. The quantitative estimate of drug-likeness (QED) is 0.693. The van der Waals surface area contributed by atoms with Gasteiger partial charge in [-0.05, 0) is 18.4 Å². The van der Waals surface area contributed by atoms with Crippen molar-refractivity contribution in [2.45, 2.75) is 41.0 Å². The lowest BCUT2D eigenvalue weighted by atomic mass is 9.91. The summed E-state index contributed by atoms with van der Waals surface area (Å²) in [7, 11) is 0. The third-order valence-corrected chi connectivity index (χ3v) is 2.50. The molecule has 0 aromatic carbocycles. The Labute approximate surface area is 82.8 Å². The first-order chi connectivity index (χ1) is 5.83. The summed E-state index contributed by atoms with van der Waals surface area (Å²) < 4.78 is 5.66. The van der Waals surface area contributed by atoms with Crippen LogP contribution in [0.4, 0.5) is 0 Å². The average Bonchev–Trinajstić information content (AvgIpc) is 2.04. The minimum absolute atomic E-state index is 0.115. The Kier molecular flexibility index (Phi) is 4.93. The molecule has 0 fully saturated rings. The molecule has 0 aromatic heterocycles. The van der Waals surface area contributed by atoms with E-state index in [1.54, 1.807) is 0 Å². The van der Waals surface area contributed by atoms with Crippen LogP contribution in [0.2, 0.25) is 0 Å². The molecule has 13 heavy (non-hydrogen) atoms. The van der Waals surface area contributed by atoms with Crippen molar-refractivity contribution < 1.29 is 4.74 Å². The van der Waals surface area contributed by atoms with Crippen LogP contribution in [0.25, 0.3) is 0 Å². The van der Waals surface area contributed by atoms with Crippen molar-refractivity contribution in [2.75, 3.05) is 19.8 Å². The van der Waals surface area contributed by atoms with Crippen LogP contribution in [0.15, 0.2) is 0 Å². The van der Waals surface area contributed by atoms with E-state index in [9.17, 15) is 0 Å². The third kappa shape index (κ3) is 6.05. The maximum atomic E-state index is 5.66. The fraction of sp³-hybridized carbons (Fsp3) is 1.00. The number of hydrogen-bond donors (Lipinski definition) is 1. The van der Waals surface area contributed by atoms with Gasteiger partial charge in [0.25, 0.3) is 0 Å². The van der Waals surface area contributed by atoms with Gasteiger partial charge in [0.05, 0.1) is 13.2 Å². The van der Waals surface area contributed by atoms with Crippen molar-refractivity contribution in [3.8, 4) is 0 Å². The summed E-state index contributed by atoms with van der Waals surface area (Å²) >= 11 is 0. The van der Waals surface area contributed by atoms with Gasteiger partial charge >= 0.3 is 0 Å². The number of hydrogen-bond acceptors (Lipinski definition) is 2. The third-order valence-electron chi connectivity index (χ3n) is 2.50. The van der Waals surface area contributed by atoms with Crippen LogP contribution in [-0.2, 0) is 4.74 Å². The summed E-state index contributed by atoms with van der Waals surface area (Å²) in [6, 6.07) is 0. The number of ether oxygens (including phenoxy) is 1. The minimum Gasteiger partial charge on any atom is -0.380 e. The van der Waals surface area contributed by atoms with Crippen LogP contribution < -0.4 is 5.73 Å². The summed E-state index contributed by atoms with van der Waals surface area (Å²) in [5, 5.41) is 0. The second-order valence-corrected chi connectivity index (χ2v) is 5.38. The predicted octanol–water partition coefficient (Wildman–Crippen LogP) is 2.42. The van der Waals surface area contributed by atoms with Gasteiger partial charge in [-0.2, -0.15) is 0 Å². The molecule has 2 nitrogen and oxygen atoms in total. The molecule has 80 valence electrons. The summed E-state index contributed by atoms with van der Waals surface area (Å²) in [4.78, 5) is 0. The fourth-order valence-electron chi connectivity index (χ4n) is 0.765. The van der Waals surface area contributed by atoms with Gasteiger partial charge in [-0.25, -0.2) is 0 Å². The second-order valence-electron chi connectivity index (χ2n) is 5.38. The van der Waals surface area contributed by atoms with E-state index < -0.39 is 0 Å². The van der Waals surface area contributed by atoms with Crippen LogP contribution >= 0.6 is 0 Å². The molecule has 0 heterocycles. The van der Waals surface area contributed by atoms with E-state index in [0.717, 1.165) is 19.6 Å². The smallest absolute Gasteiger partial charge is 0.0529 e. The van der Waals surface area contributed by atoms with Gasteiger partial charge in [0.15, 0.2) is 0 Å². The monoisotopic (exact) mass is 187 g/mol. The minimum atomic E-state index is 0.115. The van der Waals surface area contributed by atoms with Gasteiger partial charge < -0.3 is 10.5 Å². The standard InChI is InChI=1S/C11H25NO/c1-6-10(2,3)8-13-9-11(4,5)7-12/h6-9,12H2,1-5H3. The Morgan fingerprint density at radius 1 is 1.00 bits per heavy atom. The molecule has 0 aliphatic rings.